The molecule has 4 heteroatoms. The van der Waals surface area contributed by atoms with Crippen LogP contribution >= 0.6 is 11.6 Å². The van der Waals surface area contributed by atoms with E-state index in [1.165, 1.54) is 6.42 Å². The minimum Gasteiger partial charge on any atom is -0.398 e. The number of benzene rings is 1. The Morgan fingerprint density at radius 3 is 2.93 bits per heavy atom. The minimum atomic E-state index is 0.677. The summed E-state index contributed by atoms with van der Waals surface area (Å²) in [7, 11) is 0. The molecule has 1 aliphatic rings. The first-order chi connectivity index (χ1) is 7.25. The molecule has 2 N–H and O–H groups in total. The lowest BCUT2D eigenvalue weighted by Crippen LogP contribution is -2.29. The Morgan fingerprint density at radius 2 is 2.27 bits per heavy atom. The van der Waals surface area contributed by atoms with Crippen molar-refractivity contribution < 1.29 is 4.84 Å². The predicted octanol–water partition coefficient (Wildman–Crippen LogP) is 2.45. The van der Waals surface area contributed by atoms with Gasteiger partial charge in [0.1, 0.15) is 0 Å². The number of hydroxylamine groups is 2. The van der Waals surface area contributed by atoms with Gasteiger partial charge in [-0.2, -0.15) is 5.06 Å². The summed E-state index contributed by atoms with van der Waals surface area (Å²) >= 11 is 5.83. The lowest BCUT2D eigenvalue weighted by Gasteiger charge is -2.26. The largest absolute Gasteiger partial charge is 0.398 e. The van der Waals surface area contributed by atoms with E-state index in [0.29, 0.717) is 5.02 Å². The summed E-state index contributed by atoms with van der Waals surface area (Å²) in [5.41, 5.74) is 7.68. The molecule has 15 heavy (non-hydrogen) atoms. The van der Waals surface area contributed by atoms with Gasteiger partial charge in [0.15, 0.2) is 0 Å². The number of rotatable bonds is 2. The summed E-state index contributed by atoms with van der Waals surface area (Å²) in [5.74, 6) is 0. The summed E-state index contributed by atoms with van der Waals surface area (Å²) in [6.07, 6.45) is 2.33. The van der Waals surface area contributed by atoms with Gasteiger partial charge in [-0.3, -0.25) is 4.84 Å². The molecule has 0 aromatic heterocycles. The van der Waals surface area contributed by atoms with Crippen LogP contribution in [0.3, 0.4) is 0 Å². The molecular weight excluding hydrogens is 212 g/mol. The normalized spacial score (nSPS) is 17.9. The van der Waals surface area contributed by atoms with Crippen molar-refractivity contribution in [3.63, 3.8) is 0 Å². The van der Waals surface area contributed by atoms with Crippen LogP contribution in [0.25, 0.3) is 0 Å². The van der Waals surface area contributed by atoms with Gasteiger partial charge >= 0.3 is 0 Å². The molecule has 1 saturated heterocycles. The second kappa shape index (κ2) is 4.84. The molecule has 1 fully saturated rings. The summed E-state index contributed by atoms with van der Waals surface area (Å²) in [6.45, 7) is 2.53. The zero-order chi connectivity index (χ0) is 10.7. The maximum Gasteiger partial charge on any atom is 0.0685 e. The number of halogens is 1. The molecule has 0 spiro atoms. The van der Waals surface area contributed by atoms with Crippen molar-refractivity contribution in [1.82, 2.24) is 5.06 Å². The lowest BCUT2D eigenvalue weighted by atomic mass is 10.1. The van der Waals surface area contributed by atoms with Crippen LogP contribution in [0.2, 0.25) is 5.02 Å². The fourth-order valence-corrected chi connectivity index (χ4v) is 1.85. The van der Waals surface area contributed by atoms with Gasteiger partial charge in [-0.15, -0.1) is 0 Å². The zero-order valence-electron chi connectivity index (χ0n) is 8.58. The van der Waals surface area contributed by atoms with Gasteiger partial charge in [0, 0.05) is 17.3 Å². The Balaban J connectivity index is 2.03. The molecule has 0 aliphatic carbocycles. The molecule has 0 bridgehead atoms. The highest BCUT2D eigenvalue weighted by atomic mass is 35.5. The molecule has 1 aromatic rings. The fraction of sp³-hybridized carbons (Fsp3) is 0.455. The van der Waals surface area contributed by atoms with Crippen molar-refractivity contribution >= 4 is 17.3 Å². The van der Waals surface area contributed by atoms with E-state index in [2.05, 4.69) is 0 Å². The van der Waals surface area contributed by atoms with E-state index in [1.54, 1.807) is 6.07 Å². The van der Waals surface area contributed by atoms with Crippen LogP contribution in [0.15, 0.2) is 18.2 Å². The number of hydrogen-bond acceptors (Lipinski definition) is 3. The quantitative estimate of drug-likeness (QED) is 0.788. The lowest BCUT2D eigenvalue weighted by molar-refractivity contribution is -0.187. The first-order valence-electron chi connectivity index (χ1n) is 5.17. The fourth-order valence-electron chi connectivity index (χ4n) is 1.67. The van der Waals surface area contributed by atoms with E-state index in [9.17, 15) is 0 Å². The number of nitrogen functional groups attached to an aromatic ring is 1. The van der Waals surface area contributed by atoms with E-state index < -0.39 is 0 Å². The molecule has 1 aliphatic heterocycles. The monoisotopic (exact) mass is 226 g/mol. The van der Waals surface area contributed by atoms with E-state index in [0.717, 1.165) is 37.4 Å². The van der Waals surface area contributed by atoms with Crippen LogP contribution in [0.4, 0.5) is 5.69 Å². The highest BCUT2D eigenvalue weighted by Crippen LogP contribution is 2.20. The molecule has 3 nitrogen and oxygen atoms in total. The molecule has 1 heterocycles. The molecule has 82 valence electrons. The van der Waals surface area contributed by atoms with Crippen LogP contribution in [0.1, 0.15) is 18.4 Å². The third kappa shape index (κ3) is 2.84. The predicted molar refractivity (Wildman–Crippen MR) is 61.5 cm³/mol. The number of anilines is 1. The van der Waals surface area contributed by atoms with Crippen molar-refractivity contribution in [1.29, 1.82) is 0 Å². The summed E-state index contributed by atoms with van der Waals surface area (Å²) in [5, 5.41) is 2.64. The van der Waals surface area contributed by atoms with Crippen LogP contribution in [0, 0.1) is 0 Å². The van der Waals surface area contributed by atoms with E-state index in [-0.39, 0.29) is 0 Å². The Labute approximate surface area is 94.7 Å². The highest BCUT2D eigenvalue weighted by Gasteiger charge is 2.12. The van der Waals surface area contributed by atoms with Gasteiger partial charge in [-0.25, -0.2) is 0 Å². The molecule has 0 saturated carbocycles. The molecule has 2 rings (SSSR count). The standard InChI is InChI=1S/C11H15ClN2O/c12-10-4-3-9(11(13)7-10)8-14-5-1-2-6-15-14/h3-4,7H,1-2,5-6,8,13H2. The second-order valence-corrected chi connectivity index (χ2v) is 4.18. The van der Waals surface area contributed by atoms with Crippen LogP contribution in [0.5, 0.6) is 0 Å². The van der Waals surface area contributed by atoms with E-state index in [4.69, 9.17) is 22.2 Å². The molecular formula is C11H15ClN2O. The highest BCUT2D eigenvalue weighted by molar-refractivity contribution is 6.30. The van der Waals surface area contributed by atoms with Crippen molar-refractivity contribution in [3.8, 4) is 0 Å². The van der Waals surface area contributed by atoms with Gasteiger partial charge < -0.3 is 5.73 Å². The summed E-state index contributed by atoms with van der Waals surface area (Å²) in [6, 6.07) is 5.59. The molecule has 0 atom stereocenters. The average Bonchev–Trinajstić information content (AvgIpc) is 2.24. The van der Waals surface area contributed by atoms with Gasteiger partial charge in [0.25, 0.3) is 0 Å². The Bertz CT molecular complexity index is 337. The maximum atomic E-state index is 5.87. The first-order valence-corrected chi connectivity index (χ1v) is 5.55. The maximum absolute atomic E-state index is 5.87. The molecule has 1 aromatic carbocycles. The second-order valence-electron chi connectivity index (χ2n) is 3.75. The number of hydrogen-bond donors (Lipinski definition) is 1. The smallest absolute Gasteiger partial charge is 0.0685 e. The van der Waals surface area contributed by atoms with Gasteiger partial charge in [0.05, 0.1) is 13.2 Å². The van der Waals surface area contributed by atoms with Gasteiger partial charge in [-0.1, -0.05) is 17.7 Å². The molecule has 0 amide bonds. The zero-order valence-corrected chi connectivity index (χ0v) is 9.33. The summed E-state index contributed by atoms with van der Waals surface area (Å²) < 4.78 is 0. The Morgan fingerprint density at radius 1 is 1.40 bits per heavy atom. The van der Waals surface area contributed by atoms with Gasteiger partial charge in [-0.05, 0) is 30.5 Å². The summed E-state index contributed by atoms with van der Waals surface area (Å²) in [4.78, 5) is 5.51. The third-order valence-corrected chi connectivity index (χ3v) is 2.77. The Hall–Kier alpha value is -0.770. The Kier molecular flexibility index (Phi) is 3.46. The van der Waals surface area contributed by atoms with Crippen LogP contribution in [-0.2, 0) is 11.4 Å². The van der Waals surface area contributed by atoms with Crippen molar-refractivity contribution in [2.75, 3.05) is 18.9 Å². The van der Waals surface area contributed by atoms with Gasteiger partial charge in [0.2, 0.25) is 0 Å². The third-order valence-electron chi connectivity index (χ3n) is 2.53. The van der Waals surface area contributed by atoms with Crippen LogP contribution in [-0.4, -0.2) is 18.2 Å². The van der Waals surface area contributed by atoms with Crippen molar-refractivity contribution in [2.24, 2.45) is 0 Å². The number of nitrogens with two attached hydrogens (primary N) is 1. The van der Waals surface area contributed by atoms with Crippen LogP contribution < -0.4 is 5.73 Å². The van der Waals surface area contributed by atoms with Crippen molar-refractivity contribution in [2.45, 2.75) is 19.4 Å². The minimum absolute atomic E-state index is 0.677. The van der Waals surface area contributed by atoms with E-state index >= 15 is 0 Å². The van der Waals surface area contributed by atoms with Crippen molar-refractivity contribution in [3.05, 3.63) is 28.8 Å². The number of nitrogens with zero attached hydrogens (tertiary/aromatic N) is 1. The topological polar surface area (TPSA) is 38.5 Å². The molecule has 0 radical (unpaired) electrons. The average molecular weight is 227 g/mol. The molecule has 0 unspecified atom stereocenters. The van der Waals surface area contributed by atoms with E-state index in [1.807, 2.05) is 17.2 Å². The SMILES string of the molecule is Nc1cc(Cl)ccc1CN1CCCCO1. The first kappa shape index (κ1) is 10.7.